The van der Waals surface area contributed by atoms with Gasteiger partial charge in [0, 0.05) is 142 Å². The molecule has 4 aromatic carbocycles. The molecule has 8 rings (SSSR count). The van der Waals surface area contributed by atoms with Crippen molar-refractivity contribution in [3.63, 3.8) is 0 Å². The average molecular weight is 1930 g/mol. The van der Waals surface area contributed by atoms with Crippen molar-refractivity contribution >= 4 is 129 Å². The second-order valence-electron chi connectivity index (χ2n) is 35.1. The van der Waals surface area contributed by atoms with Gasteiger partial charge in [-0.05, 0) is 140 Å². The first-order chi connectivity index (χ1) is 65.1. The summed E-state index contributed by atoms with van der Waals surface area (Å²) in [6.07, 6.45) is -6.61. The molecule has 44 heteroatoms. The van der Waals surface area contributed by atoms with Crippen molar-refractivity contribution in [1.29, 1.82) is 21.6 Å². The molecular formula is C93H130N20O23S. The summed E-state index contributed by atoms with van der Waals surface area (Å²) in [5, 5.41) is 111. The molecular weight excluding hydrogens is 1800 g/mol. The highest BCUT2D eigenvalue weighted by Crippen LogP contribution is 2.52. The summed E-state index contributed by atoms with van der Waals surface area (Å²) >= 11 is 0.946. The van der Waals surface area contributed by atoms with Crippen LogP contribution in [0.4, 0.5) is 10.5 Å². The molecule has 14 atom stereocenters. The molecule has 0 bridgehead atoms. The van der Waals surface area contributed by atoms with Gasteiger partial charge in [0.25, 0.3) is 0 Å². The van der Waals surface area contributed by atoms with Crippen LogP contribution in [-0.4, -0.2) is 247 Å². The number of aryl methyl sites for hydroxylation is 1. The van der Waals surface area contributed by atoms with Crippen LogP contribution in [0.2, 0.25) is 0 Å². The number of aliphatic hydroxyl groups excluding tert-OH is 2. The van der Waals surface area contributed by atoms with Crippen LogP contribution >= 0.6 is 11.8 Å². The number of carbonyl (C=O) groups excluding carboxylic acids is 15. The van der Waals surface area contributed by atoms with Crippen molar-refractivity contribution < 1.29 is 112 Å². The van der Waals surface area contributed by atoms with Crippen molar-refractivity contribution in [3.05, 3.63) is 123 Å². The number of ether oxygens (including phenoxy) is 3. The predicted octanol–water partition coefficient (Wildman–Crippen LogP) is 1.31. The van der Waals surface area contributed by atoms with E-state index >= 15 is 0 Å². The molecule has 137 heavy (non-hydrogen) atoms. The molecule has 0 radical (unpaired) electrons. The Bertz CT molecular complexity index is 5070. The first kappa shape index (κ1) is 109. The van der Waals surface area contributed by atoms with Gasteiger partial charge in [-0.25, -0.2) is 4.79 Å². The number of phenolic OH excluding ortho intramolecular Hbond substituents is 2. The van der Waals surface area contributed by atoms with Crippen LogP contribution in [0.15, 0.2) is 72.8 Å². The molecule has 8 amide bonds. The monoisotopic (exact) mass is 1930 g/mol. The SMILES string of the molecule is CC(=O)C[C@H](CCCNC(=N)N)C(=O)N[C@H](CCCNC(=N)N)C(=O)C[C@H](CCCNC(=N)N)C(=O)N[C@H](CCCNC(=N)N)C(=O)C[C@H](CSC1CC(=O)N(CCCCCC(=O)N[C@@H](Cc2ccccc2)C(=O)C[C@@H](CCCCN)C(=O)Nc2ccc(COC(=O)NC3C[C@H](OC4C[C@](O)(C(=O)CO)Cc5c(O)c6c(c(O)c54)C(=O)c4c(C)cccc4C6=O)O[C@@H](C)[C@H]3O)cc2)C1=O)C(N)=O. The summed E-state index contributed by atoms with van der Waals surface area (Å²) in [6, 6.07) is 14.9. The Morgan fingerprint density at radius 1 is 0.613 bits per heavy atom. The van der Waals surface area contributed by atoms with E-state index in [0.29, 0.717) is 49.0 Å². The maximum atomic E-state index is 14.6. The number of carbonyl (C=O) groups is 15. The molecule has 2 heterocycles. The van der Waals surface area contributed by atoms with Gasteiger partial charge in [0.1, 0.15) is 42.2 Å². The van der Waals surface area contributed by atoms with Crippen LogP contribution in [0.3, 0.4) is 0 Å². The van der Waals surface area contributed by atoms with E-state index < -0.39 is 220 Å². The molecule has 43 nitrogen and oxygen atoms in total. The summed E-state index contributed by atoms with van der Waals surface area (Å²) in [5.74, 6) is -16.3. The zero-order valence-electron chi connectivity index (χ0n) is 77.2. The van der Waals surface area contributed by atoms with Crippen LogP contribution < -0.4 is 82.3 Å². The number of hydrogen-bond donors (Lipinski definition) is 24. The largest absolute Gasteiger partial charge is 0.507 e. The maximum absolute atomic E-state index is 14.6. The third-order valence-electron chi connectivity index (χ3n) is 24.5. The highest BCUT2D eigenvalue weighted by Gasteiger charge is 2.51. The number of benzene rings is 4. The number of imide groups is 1. The molecule has 746 valence electrons. The number of hydrogen-bond acceptors (Lipinski definition) is 29. The summed E-state index contributed by atoms with van der Waals surface area (Å²) < 4.78 is 17.9. The quantitative estimate of drug-likeness (QED) is 0.00858. The van der Waals surface area contributed by atoms with E-state index in [1.54, 1.807) is 73.7 Å². The molecule has 2 aliphatic heterocycles. The number of aromatic hydroxyl groups is 2. The minimum absolute atomic E-state index is 0.00269. The number of fused-ring (bicyclic) bond motifs is 3. The molecule has 3 unspecified atom stereocenters. The van der Waals surface area contributed by atoms with Crippen LogP contribution in [-0.2, 0) is 91.2 Å². The molecule has 30 N–H and O–H groups in total. The number of nitrogens with zero attached hydrogens (tertiary/aromatic N) is 1. The molecule has 2 fully saturated rings. The van der Waals surface area contributed by atoms with Gasteiger partial charge in [0.2, 0.25) is 41.4 Å². The number of aliphatic hydroxyl groups is 3. The van der Waals surface area contributed by atoms with E-state index in [1.165, 1.54) is 19.9 Å². The second-order valence-corrected chi connectivity index (χ2v) is 36.3. The average Bonchev–Trinajstić information content (AvgIpc) is 1.03. The Kier molecular flexibility index (Phi) is 42.3. The summed E-state index contributed by atoms with van der Waals surface area (Å²) in [6.45, 7) is 3.72. The van der Waals surface area contributed by atoms with Crippen LogP contribution in [0, 0.1) is 52.2 Å². The highest BCUT2D eigenvalue weighted by atomic mass is 32.2. The molecule has 0 spiro atoms. The van der Waals surface area contributed by atoms with Crippen molar-refractivity contribution in [2.45, 2.75) is 241 Å². The number of unbranched alkanes of at least 4 members (excludes halogenated alkanes) is 3. The first-order valence-electron chi connectivity index (χ1n) is 45.9. The van der Waals surface area contributed by atoms with Crippen LogP contribution in [0.25, 0.3) is 0 Å². The Labute approximate surface area is 796 Å². The van der Waals surface area contributed by atoms with Gasteiger partial charge in [-0.1, -0.05) is 73.5 Å². The zero-order chi connectivity index (χ0) is 100. The smallest absolute Gasteiger partial charge is 0.407 e. The van der Waals surface area contributed by atoms with Crippen LogP contribution in [0.1, 0.15) is 221 Å². The lowest BCUT2D eigenvalue weighted by Crippen LogP contribution is -2.56. The van der Waals surface area contributed by atoms with E-state index in [4.69, 9.17) is 70.2 Å². The Balaban J connectivity index is 0.831. The normalized spacial score (nSPS) is 19.2. The van der Waals surface area contributed by atoms with Gasteiger partial charge in [-0.3, -0.25) is 88.9 Å². The maximum Gasteiger partial charge on any atom is 0.407 e. The van der Waals surface area contributed by atoms with Gasteiger partial charge >= 0.3 is 6.09 Å². The van der Waals surface area contributed by atoms with Gasteiger partial charge in [0.15, 0.2) is 64.8 Å². The Morgan fingerprint density at radius 3 is 1.72 bits per heavy atom. The lowest BCUT2D eigenvalue weighted by Gasteiger charge is -2.42. The molecule has 2 saturated heterocycles. The van der Waals surface area contributed by atoms with Crippen molar-refractivity contribution in [2.24, 2.45) is 58.1 Å². The molecule has 2 aliphatic carbocycles. The highest BCUT2D eigenvalue weighted by molar-refractivity contribution is 8.00. The minimum Gasteiger partial charge on any atom is -0.507 e. The van der Waals surface area contributed by atoms with Gasteiger partial charge < -0.3 is 127 Å². The number of guanidine groups is 4. The molecule has 0 saturated carbocycles. The third-order valence-corrected chi connectivity index (χ3v) is 25.9. The van der Waals surface area contributed by atoms with Crippen LogP contribution in [0.5, 0.6) is 11.5 Å². The summed E-state index contributed by atoms with van der Waals surface area (Å²) in [5.41, 5.74) is 31.6. The van der Waals surface area contributed by atoms with E-state index in [1.807, 2.05) is 0 Å². The number of alkyl carbamates (subject to hydrolysis) is 1. The van der Waals surface area contributed by atoms with E-state index in [0.717, 1.165) is 22.2 Å². The number of nitrogens with two attached hydrogens (primary N) is 6. The summed E-state index contributed by atoms with van der Waals surface area (Å²) in [7, 11) is 0. The number of rotatable bonds is 57. The fraction of sp³-hybridized carbons (Fsp3) is 0.538. The predicted molar refractivity (Wildman–Crippen MR) is 503 cm³/mol. The molecule has 4 aromatic rings. The number of ketones is 7. The molecule has 4 aliphatic rings. The van der Waals surface area contributed by atoms with Crippen molar-refractivity contribution in [3.8, 4) is 11.5 Å². The number of thioether (sulfide) groups is 1. The van der Waals surface area contributed by atoms with Gasteiger partial charge in [-0.2, -0.15) is 0 Å². The fourth-order valence-corrected chi connectivity index (χ4v) is 18.4. The number of likely N-dealkylation sites (tertiary alicyclic amines) is 1. The number of primary amides is 1. The van der Waals surface area contributed by atoms with E-state index in [9.17, 15) is 97.5 Å². The third kappa shape index (κ3) is 32.4. The standard InChI is InChI=1S/C93H130N20O23S/c1-49-17-12-23-59-74(49)81(125)77-76(79(59)123)80(124)60-44-93(133,70(119)46-114)45-68(75(60)82(77)126)136-73-42-64(78(122)51(3)135-73)112-92(132)134-47-53-27-29-58(30-28-53)108-84(128)55(20-9-10-31-94)40-67(118)63(38-52-18-6-4-7-19-52)109-71(120)26-8-5-11-36-113-72(121)43-69(87(113)131)137-48-57(83(95)127)41-66(117)62(25-16-35-107-91(102)103)111-86(130)56(22-14-33-105-89(98)99)39-65(116)61(24-15-34-106-90(100)101)110-85(129)54(37-50(2)115)21-13-32-104-88(96)97/h4,6-7,12,17-19,23,27-30,51,54-57,61-64,68-69,73,78,114,122,124,126,133H,5,8-11,13-16,20-22,24-26,31-48,94H2,1-3H3,(H2,95,127)(H,108,128)(H,109,120)(H,110,129)(H,111,130)(H,112,132)(H4,96,97,104)(H4,98,99,105)(H4,100,101,106)(H4,102,103,107)/t51-,54-,55+,56-,57+,61+,62+,63-,64?,68?,69?,73-,78+,93-/m0/s1. The van der Waals surface area contributed by atoms with Gasteiger partial charge in [0.05, 0.1) is 58.7 Å². The Morgan fingerprint density at radius 2 is 1.16 bits per heavy atom. The number of anilines is 1. The fourth-order valence-electron chi connectivity index (χ4n) is 17.2. The first-order valence-corrected chi connectivity index (χ1v) is 46.9. The minimum atomic E-state index is -2.43. The van der Waals surface area contributed by atoms with E-state index in [2.05, 4.69) is 47.9 Å². The van der Waals surface area contributed by atoms with Gasteiger partial charge in [-0.15, -0.1) is 11.8 Å². The lowest BCUT2D eigenvalue weighted by atomic mass is 9.71. The zero-order valence-corrected chi connectivity index (χ0v) is 78.0. The number of phenols is 2. The number of nitrogens with one attached hydrogen (secondary N) is 13. The topological polar surface area (TPSA) is 748 Å². The molecule has 0 aromatic heterocycles. The van der Waals surface area contributed by atoms with Crippen molar-refractivity contribution in [1.82, 2.24) is 47.4 Å². The van der Waals surface area contributed by atoms with E-state index in [-0.39, 0.29) is 200 Å². The number of Topliss-reactive ketones (excluding diaryl/α,β-unsaturated/α-hetero) is 5. The number of amides is 8. The lowest BCUT2D eigenvalue weighted by molar-refractivity contribution is -0.249. The van der Waals surface area contributed by atoms with Crippen molar-refractivity contribution in [2.75, 3.05) is 56.9 Å². The second kappa shape index (κ2) is 53.0. The Hall–Kier alpha value is -12.9. The summed E-state index contributed by atoms with van der Waals surface area (Å²) in [4.78, 5) is 209.